The normalized spacial score (nSPS) is 10.3. The summed E-state index contributed by atoms with van der Waals surface area (Å²) in [6.45, 7) is 4.56. The molecule has 1 heterocycles. The highest BCUT2D eigenvalue weighted by molar-refractivity contribution is 6.05. The maximum atomic E-state index is 12.2. The first kappa shape index (κ1) is 14.0. The summed E-state index contributed by atoms with van der Waals surface area (Å²) in [6.07, 6.45) is 0.898. The van der Waals surface area contributed by atoms with E-state index in [-0.39, 0.29) is 11.9 Å². The van der Waals surface area contributed by atoms with Gasteiger partial charge < -0.3 is 4.74 Å². The molecule has 7 heteroatoms. The molecule has 0 bridgehead atoms. The predicted molar refractivity (Wildman–Crippen MR) is 73.8 cm³/mol. The monoisotopic (exact) mass is 275 g/mol. The Morgan fingerprint density at radius 1 is 1.45 bits per heavy atom. The number of carbonyl (C=O) groups is 1. The van der Waals surface area contributed by atoms with Gasteiger partial charge in [0, 0.05) is 0 Å². The molecule has 0 spiro atoms. The number of hydrogen-bond donors (Lipinski definition) is 1. The van der Waals surface area contributed by atoms with E-state index in [0.717, 1.165) is 12.0 Å². The van der Waals surface area contributed by atoms with Crippen molar-refractivity contribution in [3.63, 3.8) is 0 Å². The molecular weight excluding hydrogens is 258 g/mol. The third-order valence-corrected chi connectivity index (χ3v) is 2.76. The van der Waals surface area contributed by atoms with Crippen molar-refractivity contribution in [2.75, 3.05) is 12.4 Å². The number of anilines is 1. The molecule has 106 valence electrons. The maximum absolute atomic E-state index is 12.2. The number of aromatic nitrogens is 4. The predicted octanol–water partition coefficient (Wildman–Crippen LogP) is 1.65. The molecular formula is C13H17N5O2. The molecule has 0 aliphatic carbocycles. The Morgan fingerprint density at radius 3 is 2.95 bits per heavy atom. The number of amides is 1. The molecule has 0 aliphatic rings. The number of para-hydroxylation sites is 1. The Morgan fingerprint density at radius 2 is 2.25 bits per heavy atom. The van der Waals surface area contributed by atoms with Crippen LogP contribution in [0, 0.1) is 6.92 Å². The van der Waals surface area contributed by atoms with Gasteiger partial charge in [0.25, 0.3) is 11.9 Å². The van der Waals surface area contributed by atoms with Crippen LogP contribution in [-0.2, 0) is 6.54 Å². The van der Waals surface area contributed by atoms with Gasteiger partial charge in [-0.3, -0.25) is 10.1 Å². The number of benzene rings is 1. The van der Waals surface area contributed by atoms with Gasteiger partial charge in [-0.15, -0.1) is 5.10 Å². The van der Waals surface area contributed by atoms with Crippen molar-refractivity contribution >= 4 is 11.9 Å². The number of tetrazole rings is 1. The summed E-state index contributed by atoms with van der Waals surface area (Å²) >= 11 is 0. The molecule has 0 fully saturated rings. The molecule has 0 saturated heterocycles. The van der Waals surface area contributed by atoms with Crippen molar-refractivity contribution in [3.8, 4) is 5.75 Å². The lowest BCUT2D eigenvalue weighted by Gasteiger charge is -2.09. The van der Waals surface area contributed by atoms with E-state index < -0.39 is 0 Å². The minimum Gasteiger partial charge on any atom is -0.496 e. The van der Waals surface area contributed by atoms with Gasteiger partial charge in [-0.05, 0) is 30.2 Å². The van der Waals surface area contributed by atoms with Gasteiger partial charge in [0.1, 0.15) is 5.75 Å². The van der Waals surface area contributed by atoms with Crippen LogP contribution in [0.5, 0.6) is 5.75 Å². The van der Waals surface area contributed by atoms with E-state index in [4.69, 9.17) is 4.74 Å². The summed E-state index contributed by atoms with van der Waals surface area (Å²) in [7, 11) is 1.54. The lowest BCUT2D eigenvalue weighted by molar-refractivity contribution is 0.102. The van der Waals surface area contributed by atoms with Crippen LogP contribution in [-0.4, -0.2) is 33.2 Å². The molecule has 7 nitrogen and oxygen atoms in total. The molecule has 20 heavy (non-hydrogen) atoms. The van der Waals surface area contributed by atoms with E-state index >= 15 is 0 Å². The van der Waals surface area contributed by atoms with Crippen molar-refractivity contribution in [2.45, 2.75) is 26.8 Å². The van der Waals surface area contributed by atoms with E-state index in [9.17, 15) is 4.79 Å². The topological polar surface area (TPSA) is 81.9 Å². The zero-order valence-electron chi connectivity index (χ0n) is 11.8. The van der Waals surface area contributed by atoms with Crippen LogP contribution in [0.25, 0.3) is 0 Å². The van der Waals surface area contributed by atoms with Crippen LogP contribution in [0.1, 0.15) is 29.3 Å². The highest BCUT2D eigenvalue weighted by Crippen LogP contribution is 2.23. The first-order valence-corrected chi connectivity index (χ1v) is 6.38. The van der Waals surface area contributed by atoms with E-state index in [1.54, 1.807) is 12.1 Å². The Hall–Kier alpha value is -2.44. The van der Waals surface area contributed by atoms with Gasteiger partial charge in [0.15, 0.2) is 0 Å². The van der Waals surface area contributed by atoms with Crippen molar-refractivity contribution in [2.24, 2.45) is 0 Å². The van der Waals surface area contributed by atoms with E-state index in [2.05, 4.69) is 20.7 Å². The standard InChI is InChI=1S/C13H17N5O2/c1-4-8-18-16-13(15-17-18)14-12(19)10-7-5-6-9(2)11(10)20-3/h5-7H,4,8H2,1-3H3,(H,14,16,19). The van der Waals surface area contributed by atoms with Crippen molar-refractivity contribution in [1.29, 1.82) is 0 Å². The van der Waals surface area contributed by atoms with Crippen LogP contribution in [0.2, 0.25) is 0 Å². The van der Waals surface area contributed by atoms with E-state index in [1.165, 1.54) is 11.9 Å². The molecule has 2 rings (SSSR count). The Balaban J connectivity index is 2.17. The molecule has 0 saturated carbocycles. The van der Waals surface area contributed by atoms with Gasteiger partial charge in [0.05, 0.1) is 19.2 Å². The van der Waals surface area contributed by atoms with Crippen LogP contribution in [0.3, 0.4) is 0 Å². The third-order valence-electron chi connectivity index (χ3n) is 2.76. The second-order valence-electron chi connectivity index (χ2n) is 4.32. The summed E-state index contributed by atoms with van der Waals surface area (Å²) in [5, 5.41) is 14.3. The van der Waals surface area contributed by atoms with Crippen molar-refractivity contribution < 1.29 is 9.53 Å². The minimum absolute atomic E-state index is 0.187. The number of rotatable bonds is 5. The molecule has 0 aliphatic heterocycles. The summed E-state index contributed by atoms with van der Waals surface area (Å²) in [5.41, 5.74) is 1.34. The van der Waals surface area contributed by atoms with E-state index in [0.29, 0.717) is 17.9 Å². The number of ether oxygens (including phenoxy) is 1. The molecule has 2 aromatic rings. The number of methoxy groups -OCH3 is 1. The average Bonchev–Trinajstić information content (AvgIpc) is 2.86. The second kappa shape index (κ2) is 6.14. The zero-order valence-corrected chi connectivity index (χ0v) is 11.8. The SMILES string of the molecule is CCCn1nnc(NC(=O)c2cccc(C)c2OC)n1. The zero-order chi connectivity index (χ0) is 14.5. The lowest BCUT2D eigenvalue weighted by Crippen LogP contribution is -2.15. The Labute approximate surface area is 116 Å². The second-order valence-corrected chi connectivity index (χ2v) is 4.32. The summed E-state index contributed by atoms with van der Waals surface area (Å²) in [5.74, 6) is 0.416. The molecule has 1 aromatic heterocycles. The van der Waals surface area contributed by atoms with Crippen molar-refractivity contribution in [3.05, 3.63) is 29.3 Å². The highest BCUT2D eigenvalue weighted by Gasteiger charge is 2.15. The number of hydrogen-bond acceptors (Lipinski definition) is 5. The van der Waals surface area contributed by atoms with Gasteiger partial charge in [-0.25, -0.2) is 0 Å². The largest absolute Gasteiger partial charge is 0.496 e. The molecule has 0 radical (unpaired) electrons. The number of aryl methyl sites for hydroxylation is 2. The number of carbonyl (C=O) groups excluding carboxylic acids is 1. The lowest BCUT2D eigenvalue weighted by atomic mass is 10.1. The van der Waals surface area contributed by atoms with Crippen LogP contribution >= 0.6 is 0 Å². The average molecular weight is 275 g/mol. The van der Waals surface area contributed by atoms with Gasteiger partial charge >= 0.3 is 0 Å². The van der Waals surface area contributed by atoms with Gasteiger partial charge in [-0.2, -0.15) is 4.80 Å². The number of nitrogens with zero attached hydrogens (tertiary/aromatic N) is 4. The molecule has 1 aromatic carbocycles. The molecule has 1 N–H and O–H groups in total. The van der Waals surface area contributed by atoms with Crippen molar-refractivity contribution in [1.82, 2.24) is 20.2 Å². The summed E-state index contributed by atoms with van der Waals surface area (Å²) < 4.78 is 5.26. The fraction of sp³-hybridized carbons (Fsp3) is 0.385. The van der Waals surface area contributed by atoms with Crippen LogP contribution in [0.4, 0.5) is 5.95 Å². The maximum Gasteiger partial charge on any atom is 0.270 e. The van der Waals surface area contributed by atoms with E-state index in [1.807, 2.05) is 19.9 Å². The third kappa shape index (κ3) is 2.93. The first-order valence-electron chi connectivity index (χ1n) is 6.38. The molecule has 0 unspecified atom stereocenters. The minimum atomic E-state index is -0.318. The quantitative estimate of drug-likeness (QED) is 0.897. The Bertz CT molecular complexity index is 609. The Kier molecular flexibility index (Phi) is 4.29. The molecule has 0 atom stereocenters. The fourth-order valence-corrected chi connectivity index (χ4v) is 1.86. The fourth-order valence-electron chi connectivity index (χ4n) is 1.86. The van der Waals surface area contributed by atoms with Crippen LogP contribution in [0.15, 0.2) is 18.2 Å². The van der Waals surface area contributed by atoms with Gasteiger partial charge in [0.2, 0.25) is 0 Å². The highest BCUT2D eigenvalue weighted by atomic mass is 16.5. The summed E-state index contributed by atoms with van der Waals surface area (Å²) in [6, 6.07) is 5.37. The first-order chi connectivity index (χ1) is 9.65. The van der Waals surface area contributed by atoms with Gasteiger partial charge in [-0.1, -0.05) is 24.2 Å². The number of nitrogens with one attached hydrogen (secondary N) is 1. The molecule has 1 amide bonds. The van der Waals surface area contributed by atoms with Crippen LogP contribution < -0.4 is 10.1 Å². The smallest absolute Gasteiger partial charge is 0.270 e. The summed E-state index contributed by atoms with van der Waals surface area (Å²) in [4.78, 5) is 13.7.